The van der Waals surface area contributed by atoms with E-state index in [0.29, 0.717) is 5.11 Å². The molecule has 0 bridgehead atoms. The van der Waals surface area contributed by atoms with Crippen molar-refractivity contribution in [3.8, 4) is 0 Å². The maximum atomic E-state index is 5.62. The lowest BCUT2D eigenvalue weighted by molar-refractivity contribution is 0.0102. The van der Waals surface area contributed by atoms with Gasteiger partial charge in [-0.1, -0.05) is 42.5 Å². The first-order chi connectivity index (χ1) is 13.0. The van der Waals surface area contributed by atoms with Crippen LogP contribution < -0.4 is 10.6 Å². The zero-order valence-corrected chi connectivity index (χ0v) is 17.2. The molecule has 2 aromatic rings. The summed E-state index contributed by atoms with van der Waals surface area (Å²) in [4.78, 5) is 2.48. The average molecular weight is 384 g/mol. The molecule has 1 saturated heterocycles. The Kier molecular flexibility index (Phi) is 6.83. The van der Waals surface area contributed by atoms with Crippen molar-refractivity contribution in [1.29, 1.82) is 0 Å². The van der Waals surface area contributed by atoms with Crippen LogP contribution in [0.15, 0.2) is 48.5 Å². The molecule has 0 aromatic heterocycles. The third-order valence-corrected chi connectivity index (χ3v) is 5.27. The Hall–Kier alpha value is -1.95. The van der Waals surface area contributed by atoms with Crippen LogP contribution in [0.1, 0.15) is 29.7 Å². The van der Waals surface area contributed by atoms with E-state index in [-0.39, 0.29) is 12.1 Å². The summed E-state index contributed by atoms with van der Waals surface area (Å²) in [6.45, 7) is 9.81. The van der Waals surface area contributed by atoms with Crippen LogP contribution in [-0.4, -0.2) is 42.4 Å². The van der Waals surface area contributed by atoms with Crippen molar-refractivity contribution in [2.75, 3.05) is 31.6 Å². The second-order valence-electron chi connectivity index (χ2n) is 7.21. The van der Waals surface area contributed by atoms with E-state index in [1.807, 2.05) is 0 Å². The van der Waals surface area contributed by atoms with Gasteiger partial charge in [-0.3, -0.25) is 4.90 Å². The minimum Gasteiger partial charge on any atom is -0.379 e. The summed E-state index contributed by atoms with van der Waals surface area (Å²) in [6.07, 6.45) is 0. The third kappa shape index (κ3) is 5.28. The molecular weight excluding hydrogens is 354 g/mol. The number of nitrogens with one attached hydrogen (secondary N) is 2. The molecule has 0 amide bonds. The molecule has 0 spiro atoms. The van der Waals surface area contributed by atoms with Crippen molar-refractivity contribution in [3.63, 3.8) is 0 Å². The Morgan fingerprint density at radius 2 is 1.78 bits per heavy atom. The highest BCUT2D eigenvalue weighted by molar-refractivity contribution is 7.80. The summed E-state index contributed by atoms with van der Waals surface area (Å²) in [6, 6.07) is 17.4. The summed E-state index contributed by atoms with van der Waals surface area (Å²) in [7, 11) is 0. The van der Waals surface area contributed by atoms with E-state index in [9.17, 15) is 0 Å². The number of aryl methyl sites for hydroxylation is 2. The maximum Gasteiger partial charge on any atom is 0.171 e. The van der Waals surface area contributed by atoms with E-state index in [1.54, 1.807) is 0 Å². The Balaban J connectivity index is 1.72. The van der Waals surface area contributed by atoms with Gasteiger partial charge >= 0.3 is 0 Å². The van der Waals surface area contributed by atoms with Gasteiger partial charge in [0.25, 0.3) is 0 Å². The molecule has 3 rings (SSSR count). The smallest absolute Gasteiger partial charge is 0.171 e. The third-order valence-electron chi connectivity index (χ3n) is 5.05. The second-order valence-corrected chi connectivity index (χ2v) is 7.62. The minimum atomic E-state index is 0.163. The normalized spacial score (nSPS) is 17.1. The number of benzene rings is 2. The van der Waals surface area contributed by atoms with E-state index in [4.69, 9.17) is 17.0 Å². The topological polar surface area (TPSA) is 36.5 Å². The molecule has 27 heavy (non-hydrogen) atoms. The Bertz CT molecular complexity index is 759. The van der Waals surface area contributed by atoms with Crippen LogP contribution in [0, 0.1) is 13.8 Å². The summed E-state index contributed by atoms with van der Waals surface area (Å²) >= 11 is 5.62. The molecular formula is C22H29N3OS. The van der Waals surface area contributed by atoms with Gasteiger partial charge in [-0.25, -0.2) is 0 Å². The molecule has 2 N–H and O–H groups in total. The van der Waals surface area contributed by atoms with Crippen molar-refractivity contribution in [3.05, 3.63) is 65.2 Å². The summed E-state index contributed by atoms with van der Waals surface area (Å²) in [5, 5.41) is 7.53. The lowest BCUT2D eigenvalue weighted by Crippen LogP contribution is -2.49. The van der Waals surface area contributed by atoms with Crippen LogP contribution in [0.25, 0.3) is 0 Å². The second kappa shape index (κ2) is 9.31. The lowest BCUT2D eigenvalue weighted by Gasteiger charge is -2.38. The fraction of sp³-hybridized carbons (Fsp3) is 0.409. The number of ether oxygens (including phenoxy) is 1. The minimum absolute atomic E-state index is 0.163. The van der Waals surface area contributed by atoms with Gasteiger partial charge in [0.05, 0.1) is 19.3 Å². The number of nitrogens with zero attached hydrogens (tertiary/aromatic N) is 1. The lowest BCUT2D eigenvalue weighted by atomic mass is 9.98. The molecule has 5 heteroatoms. The molecule has 2 aromatic carbocycles. The van der Waals surface area contributed by atoms with Gasteiger partial charge < -0.3 is 15.4 Å². The molecule has 4 nitrogen and oxygen atoms in total. The van der Waals surface area contributed by atoms with Gasteiger partial charge in [0.1, 0.15) is 0 Å². The molecule has 1 aliphatic rings. The summed E-state index contributed by atoms with van der Waals surface area (Å²) in [5.74, 6) is 0. The maximum absolute atomic E-state index is 5.62. The van der Waals surface area contributed by atoms with E-state index in [2.05, 4.69) is 84.8 Å². The number of hydrogen-bond acceptors (Lipinski definition) is 3. The van der Waals surface area contributed by atoms with Gasteiger partial charge in [-0.05, 0) is 55.7 Å². The number of thiocarbonyl (C=S) groups is 1. The van der Waals surface area contributed by atoms with Crippen molar-refractivity contribution in [1.82, 2.24) is 10.2 Å². The molecule has 0 aliphatic carbocycles. The average Bonchev–Trinajstić information content (AvgIpc) is 2.66. The van der Waals surface area contributed by atoms with Crippen molar-refractivity contribution < 1.29 is 4.74 Å². The first-order valence-electron chi connectivity index (χ1n) is 9.56. The van der Waals surface area contributed by atoms with E-state index < -0.39 is 0 Å². The highest BCUT2D eigenvalue weighted by atomic mass is 32.1. The SMILES string of the molecule is Cc1ccc(C)c(NC(=S)N[C@@H](C)[C@@H](c2ccccc2)N2CCOCC2)c1. The van der Waals surface area contributed by atoms with E-state index in [0.717, 1.165) is 32.0 Å². The molecule has 0 saturated carbocycles. The predicted molar refractivity (Wildman–Crippen MR) is 116 cm³/mol. The van der Waals surface area contributed by atoms with Crippen LogP contribution >= 0.6 is 12.2 Å². The van der Waals surface area contributed by atoms with Gasteiger partial charge in [-0.2, -0.15) is 0 Å². The van der Waals surface area contributed by atoms with Crippen LogP contribution in [0.4, 0.5) is 5.69 Å². The number of morpholine rings is 1. The van der Waals surface area contributed by atoms with Crippen LogP contribution in [0.5, 0.6) is 0 Å². The van der Waals surface area contributed by atoms with E-state index in [1.165, 1.54) is 16.7 Å². The standard InChI is InChI=1S/C22H29N3OS/c1-16-9-10-17(2)20(15-16)24-22(27)23-18(3)21(19-7-5-4-6-8-19)25-11-13-26-14-12-25/h4-10,15,18,21H,11-14H2,1-3H3,(H2,23,24,27)/t18-,21-/m0/s1. The van der Waals surface area contributed by atoms with Crippen LogP contribution in [-0.2, 0) is 4.74 Å². The number of rotatable bonds is 5. The first kappa shape index (κ1) is 19.8. The first-order valence-corrected chi connectivity index (χ1v) is 9.97. The fourth-order valence-electron chi connectivity index (χ4n) is 3.64. The number of hydrogen-bond donors (Lipinski definition) is 2. The van der Waals surface area contributed by atoms with E-state index >= 15 is 0 Å². The van der Waals surface area contributed by atoms with Crippen molar-refractivity contribution in [2.24, 2.45) is 0 Å². The van der Waals surface area contributed by atoms with Gasteiger partial charge in [0, 0.05) is 24.8 Å². The van der Waals surface area contributed by atoms with Gasteiger partial charge in [0.15, 0.2) is 5.11 Å². The van der Waals surface area contributed by atoms with Crippen molar-refractivity contribution in [2.45, 2.75) is 32.9 Å². The molecule has 0 unspecified atom stereocenters. The van der Waals surface area contributed by atoms with Crippen LogP contribution in [0.3, 0.4) is 0 Å². The largest absolute Gasteiger partial charge is 0.379 e. The Morgan fingerprint density at radius 1 is 1.07 bits per heavy atom. The summed E-state index contributed by atoms with van der Waals surface area (Å²) in [5.41, 5.74) is 4.76. The number of anilines is 1. The zero-order valence-electron chi connectivity index (χ0n) is 16.4. The van der Waals surface area contributed by atoms with Gasteiger partial charge in [0.2, 0.25) is 0 Å². The molecule has 1 heterocycles. The summed E-state index contributed by atoms with van der Waals surface area (Å²) < 4.78 is 5.55. The molecule has 1 fully saturated rings. The molecule has 0 radical (unpaired) electrons. The quantitative estimate of drug-likeness (QED) is 0.762. The zero-order chi connectivity index (χ0) is 19.2. The highest BCUT2D eigenvalue weighted by Crippen LogP contribution is 2.25. The Morgan fingerprint density at radius 3 is 2.48 bits per heavy atom. The molecule has 1 aliphatic heterocycles. The molecule has 144 valence electrons. The fourth-order valence-corrected chi connectivity index (χ4v) is 3.93. The van der Waals surface area contributed by atoms with Crippen LogP contribution in [0.2, 0.25) is 0 Å². The van der Waals surface area contributed by atoms with Gasteiger partial charge in [-0.15, -0.1) is 0 Å². The molecule has 2 atom stereocenters. The highest BCUT2D eigenvalue weighted by Gasteiger charge is 2.28. The Labute approximate surface area is 167 Å². The predicted octanol–water partition coefficient (Wildman–Crippen LogP) is 4.05. The monoisotopic (exact) mass is 383 g/mol. The van der Waals surface area contributed by atoms with Crippen molar-refractivity contribution >= 4 is 23.0 Å².